The lowest BCUT2D eigenvalue weighted by molar-refractivity contribution is 0.0537. The quantitative estimate of drug-likeness (QED) is 0.701. The van der Waals surface area contributed by atoms with Crippen LogP contribution < -0.4 is 0 Å². The fourth-order valence-corrected chi connectivity index (χ4v) is 4.81. The highest BCUT2D eigenvalue weighted by atomic mass is 35.5. The second kappa shape index (κ2) is 8.80. The van der Waals surface area contributed by atoms with Crippen LogP contribution in [0.3, 0.4) is 0 Å². The van der Waals surface area contributed by atoms with E-state index in [0.29, 0.717) is 47.6 Å². The van der Waals surface area contributed by atoms with Gasteiger partial charge in [0, 0.05) is 32.6 Å². The largest absolute Gasteiger partial charge is 0.335 e. The minimum atomic E-state index is -0.159. The Morgan fingerprint density at radius 2 is 1.71 bits per heavy atom. The first-order chi connectivity index (χ1) is 13.3. The van der Waals surface area contributed by atoms with Gasteiger partial charge in [0.2, 0.25) is 0 Å². The van der Waals surface area contributed by atoms with Gasteiger partial charge in [-0.1, -0.05) is 43.1 Å². The summed E-state index contributed by atoms with van der Waals surface area (Å²) in [7, 11) is 0. The van der Waals surface area contributed by atoms with E-state index in [9.17, 15) is 9.59 Å². The molecule has 0 bridgehead atoms. The summed E-state index contributed by atoms with van der Waals surface area (Å²) in [6.07, 6.45) is 0.876. The van der Waals surface area contributed by atoms with Crippen LogP contribution in [0.5, 0.6) is 0 Å². The van der Waals surface area contributed by atoms with Crippen LogP contribution in [0.4, 0.5) is 0 Å². The van der Waals surface area contributed by atoms with Crippen molar-refractivity contribution in [3.05, 3.63) is 49.4 Å². The number of aromatic nitrogens is 1. The van der Waals surface area contributed by atoms with E-state index >= 15 is 0 Å². The molecule has 1 aromatic carbocycles. The molecule has 0 spiro atoms. The Morgan fingerprint density at radius 3 is 2.32 bits per heavy atom. The Labute approximate surface area is 179 Å². The number of aryl methyl sites for hydroxylation is 1. The zero-order chi connectivity index (χ0) is 20.4. The monoisotopic (exact) mass is 439 g/mol. The Morgan fingerprint density at radius 1 is 1.11 bits per heavy atom. The summed E-state index contributed by atoms with van der Waals surface area (Å²) in [5.41, 5.74) is 1.18. The number of amides is 2. The smallest absolute Gasteiger partial charge is 0.265 e. The maximum atomic E-state index is 12.9. The van der Waals surface area contributed by atoms with Gasteiger partial charge in [-0.15, -0.1) is 11.3 Å². The summed E-state index contributed by atoms with van der Waals surface area (Å²) >= 11 is 13.7. The third-order valence-electron chi connectivity index (χ3n) is 4.65. The average molecular weight is 440 g/mol. The molecule has 0 saturated carbocycles. The molecule has 3 rings (SSSR count). The fourth-order valence-electron chi connectivity index (χ4n) is 3.18. The molecule has 1 aliphatic rings. The highest BCUT2D eigenvalue weighted by Gasteiger charge is 2.28. The predicted octanol–water partition coefficient (Wildman–Crippen LogP) is 4.56. The van der Waals surface area contributed by atoms with Gasteiger partial charge >= 0.3 is 0 Å². The summed E-state index contributed by atoms with van der Waals surface area (Å²) in [6.45, 7) is 8.06. The molecule has 1 fully saturated rings. The zero-order valence-corrected chi connectivity index (χ0v) is 18.5. The third-order valence-corrected chi connectivity index (χ3v) is 6.64. The second-order valence-electron chi connectivity index (χ2n) is 7.31. The molecule has 0 atom stereocenters. The van der Waals surface area contributed by atoms with Crippen LogP contribution in [-0.2, 0) is 6.42 Å². The molecular formula is C20H23Cl2N3O2S. The number of rotatable bonds is 4. The molecule has 2 aromatic rings. The number of halogens is 2. The Hall–Kier alpha value is -1.63. The van der Waals surface area contributed by atoms with E-state index in [1.807, 2.05) is 6.92 Å². The minimum absolute atomic E-state index is 0.00195. The molecule has 28 heavy (non-hydrogen) atoms. The molecule has 5 nitrogen and oxygen atoms in total. The highest BCUT2D eigenvalue weighted by Crippen LogP contribution is 2.27. The maximum Gasteiger partial charge on any atom is 0.265 e. The van der Waals surface area contributed by atoms with E-state index in [1.165, 1.54) is 11.3 Å². The van der Waals surface area contributed by atoms with Gasteiger partial charge in [0.05, 0.1) is 26.3 Å². The van der Waals surface area contributed by atoms with Crippen molar-refractivity contribution < 1.29 is 9.59 Å². The predicted molar refractivity (Wildman–Crippen MR) is 114 cm³/mol. The summed E-state index contributed by atoms with van der Waals surface area (Å²) in [4.78, 5) is 34.4. The molecule has 0 N–H and O–H groups in total. The average Bonchev–Trinajstić information content (AvgIpc) is 3.02. The molecule has 0 radical (unpaired) electrons. The number of carbonyl (C=O) groups excluding carboxylic acids is 2. The number of carbonyl (C=O) groups is 2. The van der Waals surface area contributed by atoms with E-state index < -0.39 is 0 Å². The van der Waals surface area contributed by atoms with Gasteiger partial charge < -0.3 is 9.80 Å². The Kier molecular flexibility index (Phi) is 6.63. The van der Waals surface area contributed by atoms with Gasteiger partial charge in [-0.3, -0.25) is 9.59 Å². The molecule has 0 unspecified atom stereocenters. The maximum absolute atomic E-state index is 12.9. The molecule has 8 heteroatoms. The second-order valence-corrected chi connectivity index (χ2v) is 9.17. The van der Waals surface area contributed by atoms with Crippen LogP contribution in [0.15, 0.2) is 18.2 Å². The number of thiazole rings is 1. The van der Waals surface area contributed by atoms with Crippen molar-refractivity contribution in [1.29, 1.82) is 0 Å². The minimum Gasteiger partial charge on any atom is -0.335 e. The first kappa shape index (κ1) is 21.1. The fraction of sp³-hybridized carbons (Fsp3) is 0.450. The van der Waals surface area contributed by atoms with Crippen LogP contribution in [0.25, 0.3) is 0 Å². The molecule has 1 aromatic heterocycles. The van der Waals surface area contributed by atoms with Crippen molar-refractivity contribution in [2.75, 3.05) is 26.2 Å². The molecule has 1 aliphatic heterocycles. The van der Waals surface area contributed by atoms with Gasteiger partial charge in [-0.25, -0.2) is 4.98 Å². The van der Waals surface area contributed by atoms with Crippen LogP contribution in [0, 0.1) is 12.8 Å². The van der Waals surface area contributed by atoms with Gasteiger partial charge in [0.15, 0.2) is 0 Å². The molecular weight excluding hydrogens is 417 g/mol. The summed E-state index contributed by atoms with van der Waals surface area (Å²) in [6, 6.07) is 5.04. The van der Waals surface area contributed by atoms with Gasteiger partial charge in [0.25, 0.3) is 11.8 Å². The number of hydrogen-bond donors (Lipinski definition) is 0. The van der Waals surface area contributed by atoms with Crippen molar-refractivity contribution in [2.45, 2.75) is 27.2 Å². The first-order valence-electron chi connectivity index (χ1n) is 9.26. The van der Waals surface area contributed by atoms with Crippen LogP contribution in [0.1, 0.15) is 44.6 Å². The summed E-state index contributed by atoms with van der Waals surface area (Å²) < 4.78 is 0. The lowest BCUT2D eigenvalue weighted by atomic mass is 10.1. The number of piperazine rings is 1. The van der Waals surface area contributed by atoms with Crippen molar-refractivity contribution >= 4 is 46.4 Å². The van der Waals surface area contributed by atoms with Crippen molar-refractivity contribution in [2.24, 2.45) is 5.92 Å². The van der Waals surface area contributed by atoms with E-state index in [4.69, 9.17) is 23.2 Å². The van der Waals surface area contributed by atoms with Gasteiger partial charge in [-0.05, 0) is 25.0 Å². The van der Waals surface area contributed by atoms with E-state index in [2.05, 4.69) is 18.8 Å². The van der Waals surface area contributed by atoms with E-state index in [-0.39, 0.29) is 16.8 Å². The Bertz CT molecular complexity index is 890. The van der Waals surface area contributed by atoms with Crippen molar-refractivity contribution in [3.8, 4) is 0 Å². The number of nitrogens with zero attached hydrogens (tertiary/aromatic N) is 3. The zero-order valence-electron chi connectivity index (χ0n) is 16.2. The topological polar surface area (TPSA) is 53.5 Å². The summed E-state index contributed by atoms with van der Waals surface area (Å²) in [5.74, 6) is 0.340. The standard InChI is InChI=1S/C20H23Cl2N3O2S/c1-12(2)11-16-23-13(3)18(28-16)20(27)25-9-7-24(8-10-25)19(26)14-5-4-6-15(21)17(14)22/h4-6,12H,7-11H2,1-3H3. The molecule has 150 valence electrons. The molecule has 1 saturated heterocycles. The van der Waals surface area contributed by atoms with Crippen molar-refractivity contribution in [3.63, 3.8) is 0 Å². The lowest BCUT2D eigenvalue weighted by Gasteiger charge is -2.34. The Balaban J connectivity index is 1.65. The van der Waals surface area contributed by atoms with Crippen molar-refractivity contribution in [1.82, 2.24) is 14.8 Å². The van der Waals surface area contributed by atoms with Crippen LogP contribution in [-0.4, -0.2) is 52.8 Å². The number of benzene rings is 1. The van der Waals surface area contributed by atoms with Crippen LogP contribution in [0.2, 0.25) is 10.0 Å². The third kappa shape index (κ3) is 4.50. The normalized spacial score (nSPS) is 14.6. The lowest BCUT2D eigenvalue weighted by Crippen LogP contribution is -2.50. The first-order valence-corrected chi connectivity index (χ1v) is 10.8. The van der Waals surface area contributed by atoms with Crippen LogP contribution >= 0.6 is 34.5 Å². The SMILES string of the molecule is Cc1nc(CC(C)C)sc1C(=O)N1CCN(C(=O)c2cccc(Cl)c2Cl)CC1. The number of hydrogen-bond acceptors (Lipinski definition) is 4. The van der Waals surface area contributed by atoms with E-state index in [1.54, 1.807) is 28.0 Å². The molecule has 2 heterocycles. The van der Waals surface area contributed by atoms with E-state index in [0.717, 1.165) is 17.1 Å². The van der Waals surface area contributed by atoms with Gasteiger partial charge in [0.1, 0.15) is 4.88 Å². The highest BCUT2D eigenvalue weighted by molar-refractivity contribution is 7.13. The summed E-state index contributed by atoms with van der Waals surface area (Å²) in [5, 5.41) is 1.63. The van der Waals surface area contributed by atoms with Gasteiger partial charge in [-0.2, -0.15) is 0 Å². The molecule has 2 amide bonds. The molecule has 0 aliphatic carbocycles.